The lowest BCUT2D eigenvalue weighted by atomic mass is 9.88. The highest BCUT2D eigenvalue weighted by atomic mass is 16.5. The molecule has 7 heteroatoms. The Hall–Kier alpha value is -3.48. The molecule has 5 rings (SSSR count). The van der Waals surface area contributed by atoms with Gasteiger partial charge < -0.3 is 9.64 Å². The number of fused-ring (bicyclic) bond motifs is 1. The molecule has 2 fully saturated rings. The van der Waals surface area contributed by atoms with Crippen LogP contribution in [0.15, 0.2) is 54.6 Å². The third kappa shape index (κ3) is 5.52. The second-order valence-electron chi connectivity index (χ2n) is 10.7. The number of nitrogens with zero attached hydrogens (tertiary/aromatic N) is 2. The quantitative estimate of drug-likeness (QED) is 0.367. The van der Waals surface area contributed by atoms with Gasteiger partial charge in [0, 0.05) is 18.5 Å². The molecule has 3 amide bonds. The van der Waals surface area contributed by atoms with E-state index in [4.69, 9.17) is 4.74 Å². The lowest BCUT2D eigenvalue weighted by molar-refractivity contribution is -0.158. The highest BCUT2D eigenvalue weighted by Gasteiger charge is 2.44. The van der Waals surface area contributed by atoms with Crippen molar-refractivity contribution < 1.29 is 23.9 Å². The first kappa shape index (κ1) is 26.1. The zero-order valence-electron chi connectivity index (χ0n) is 21.8. The highest BCUT2D eigenvalue weighted by molar-refractivity contribution is 6.22. The summed E-state index contributed by atoms with van der Waals surface area (Å²) in [7, 11) is 0. The molecular weight excluding hydrogens is 480 g/mol. The molecule has 1 unspecified atom stereocenters. The first-order valence-corrected chi connectivity index (χ1v) is 14.0. The van der Waals surface area contributed by atoms with Crippen LogP contribution >= 0.6 is 0 Å². The maximum Gasteiger partial charge on any atom is 0.330 e. The van der Waals surface area contributed by atoms with Crippen molar-refractivity contribution in [2.45, 2.75) is 88.8 Å². The van der Waals surface area contributed by atoms with Crippen LogP contribution in [0.25, 0.3) is 0 Å². The van der Waals surface area contributed by atoms with Crippen molar-refractivity contribution in [1.29, 1.82) is 0 Å². The minimum atomic E-state index is -1.16. The number of imide groups is 1. The van der Waals surface area contributed by atoms with Crippen molar-refractivity contribution in [3.8, 4) is 0 Å². The predicted molar refractivity (Wildman–Crippen MR) is 142 cm³/mol. The molecule has 38 heavy (non-hydrogen) atoms. The van der Waals surface area contributed by atoms with Crippen molar-refractivity contribution in [1.82, 2.24) is 9.80 Å². The van der Waals surface area contributed by atoms with Crippen molar-refractivity contribution >= 4 is 23.7 Å². The molecule has 0 radical (unpaired) electrons. The maximum atomic E-state index is 13.6. The van der Waals surface area contributed by atoms with Crippen molar-refractivity contribution in [2.24, 2.45) is 0 Å². The molecule has 7 nitrogen and oxygen atoms in total. The van der Waals surface area contributed by atoms with Crippen LogP contribution in [0.3, 0.4) is 0 Å². The van der Waals surface area contributed by atoms with Gasteiger partial charge in [0.25, 0.3) is 17.7 Å². The molecule has 0 aromatic heterocycles. The minimum absolute atomic E-state index is 0.119. The summed E-state index contributed by atoms with van der Waals surface area (Å²) in [6.07, 6.45) is 10.9. The van der Waals surface area contributed by atoms with E-state index in [0.29, 0.717) is 0 Å². The number of benzene rings is 2. The van der Waals surface area contributed by atoms with Crippen LogP contribution in [0.4, 0.5) is 0 Å². The Balaban J connectivity index is 1.34. The number of carbonyl (C=O) groups excluding carboxylic acids is 4. The Labute approximate surface area is 224 Å². The van der Waals surface area contributed by atoms with Gasteiger partial charge in [-0.1, -0.05) is 81.0 Å². The van der Waals surface area contributed by atoms with E-state index in [2.05, 4.69) is 0 Å². The summed E-state index contributed by atoms with van der Waals surface area (Å²) >= 11 is 0. The molecule has 0 N–H and O–H groups in total. The lowest BCUT2D eigenvalue weighted by Crippen LogP contribution is -2.51. The van der Waals surface area contributed by atoms with Gasteiger partial charge in [0.1, 0.15) is 6.04 Å². The SMILES string of the molecule is O=C(OCC(=O)N(C1CCCCC1)C1CCCCC1)C(Cc1ccccc1)N1C(=O)c2ccccc2C1=O. The molecule has 3 aliphatic rings. The van der Waals surface area contributed by atoms with E-state index in [1.54, 1.807) is 24.3 Å². The second kappa shape index (κ2) is 11.9. The third-order valence-corrected chi connectivity index (χ3v) is 8.24. The van der Waals surface area contributed by atoms with Crippen LogP contribution in [0.5, 0.6) is 0 Å². The van der Waals surface area contributed by atoms with Crippen molar-refractivity contribution in [3.63, 3.8) is 0 Å². The summed E-state index contributed by atoms with van der Waals surface area (Å²) in [5, 5.41) is 0. The Kier molecular flexibility index (Phi) is 8.20. The van der Waals surface area contributed by atoms with E-state index in [1.807, 2.05) is 35.2 Å². The molecule has 2 aliphatic carbocycles. The fraction of sp³-hybridized carbons (Fsp3) is 0.484. The number of carbonyl (C=O) groups is 4. The number of hydrogen-bond acceptors (Lipinski definition) is 5. The zero-order chi connectivity index (χ0) is 26.5. The average molecular weight is 517 g/mol. The number of amides is 3. The van der Waals surface area contributed by atoms with Gasteiger partial charge in [-0.25, -0.2) is 4.79 Å². The number of hydrogen-bond donors (Lipinski definition) is 0. The fourth-order valence-corrected chi connectivity index (χ4v) is 6.34. The monoisotopic (exact) mass is 516 g/mol. The van der Waals surface area contributed by atoms with Crippen molar-refractivity contribution in [2.75, 3.05) is 6.61 Å². The van der Waals surface area contributed by atoms with Gasteiger partial charge >= 0.3 is 5.97 Å². The topological polar surface area (TPSA) is 84.0 Å². The molecule has 200 valence electrons. The predicted octanol–water partition coefficient (Wildman–Crippen LogP) is 4.93. The van der Waals surface area contributed by atoms with Gasteiger partial charge in [0.15, 0.2) is 6.61 Å². The van der Waals surface area contributed by atoms with Gasteiger partial charge in [-0.05, 0) is 43.4 Å². The molecular formula is C31H36N2O5. The molecule has 1 aliphatic heterocycles. The molecule has 0 spiro atoms. The van der Waals surface area contributed by atoms with Gasteiger partial charge in [0.05, 0.1) is 11.1 Å². The second-order valence-corrected chi connectivity index (χ2v) is 10.7. The Morgan fingerprint density at radius 3 is 1.79 bits per heavy atom. The highest BCUT2D eigenvalue weighted by Crippen LogP contribution is 2.31. The van der Waals surface area contributed by atoms with Gasteiger partial charge in [0.2, 0.25) is 0 Å². The van der Waals surface area contributed by atoms with Crippen LogP contribution in [-0.2, 0) is 20.7 Å². The van der Waals surface area contributed by atoms with E-state index in [0.717, 1.165) is 61.8 Å². The van der Waals surface area contributed by atoms with E-state index in [1.165, 1.54) is 12.8 Å². The zero-order valence-corrected chi connectivity index (χ0v) is 21.8. The van der Waals surface area contributed by atoms with Crippen LogP contribution in [0.1, 0.15) is 90.5 Å². The summed E-state index contributed by atoms with van der Waals surface area (Å²) in [5.41, 5.74) is 1.35. The maximum absolute atomic E-state index is 13.6. The summed E-state index contributed by atoms with van der Waals surface area (Å²) < 4.78 is 5.63. The standard InChI is InChI=1S/C31H36N2O5/c34-28(32(23-14-6-2-7-15-23)24-16-8-3-9-17-24)21-38-31(37)27(20-22-12-4-1-5-13-22)33-29(35)25-18-10-11-19-26(25)30(33)36/h1,4-5,10-13,18-19,23-24,27H,2-3,6-9,14-17,20-21H2. The minimum Gasteiger partial charge on any atom is -0.454 e. The summed E-state index contributed by atoms with van der Waals surface area (Å²) in [4.78, 5) is 56.5. The van der Waals surface area contributed by atoms with E-state index < -0.39 is 23.8 Å². The smallest absolute Gasteiger partial charge is 0.330 e. The van der Waals surface area contributed by atoms with E-state index >= 15 is 0 Å². The molecule has 0 saturated heterocycles. The summed E-state index contributed by atoms with van der Waals surface area (Å²) in [6.45, 7) is -0.375. The molecule has 1 atom stereocenters. The average Bonchev–Trinajstić information content (AvgIpc) is 3.21. The largest absolute Gasteiger partial charge is 0.454 e. The first-order valence-electron chi connectivity index (χ1n) is 14.0. The van der Waals surface area contributed by atoms with Crippen LogP contribution in [-0.4, -0.2) is 58.2 Å². The summed E-state index contributed by atoms with van der Waals surface area (Å²) in [6, 6.07) is 15.0. The Morgan fingerprint density at radius 2 is 1.26 bits per heavy atom. The number of esters is 1. The molecule has 1 heterocycles. The third-order valence-electron chi connectivity index (χ3n) is 8.24. The van der Waals surface area contributed by atoms with Crippen LogP contribution < -0.4 is 0 Å². The van der Waals surface area contributed by atoms with E-state index in [9.17, 15) is 19.2 Å². The van der Waals surface area contributed by atoms with Crippen molar-refractivity contribution in [3.05, 3.63) is 71.3 Å². The van der Waals surface area contributed by atoms with Gasteiger partial charge in [-0.15, -0.1) is 0 Å². The molecule has 2 aromatic rings. The summed E-state index contributed by atoms with van der Waals surface area (Å²) in [5.74, 6) is -1.93. The Morgan fingerprint density at radius 1 is 0.763 bits per heavy atom. The number of rotatable bonds is 8. The van der Waals surface area contributed by atoms with Gasteiger partial charge in [-0.3, -0.25) is 19.3 Å². The Bertz CT molecular complexity index is 1110. The first-order chi connectivity index (χ1) is 18.5. The fourth-order valence-electron chi connectivity index (χ4n) is 6.34. The van der Waals surface area contributed by atoms with Crippen LogP contribution in [0, 0.1) is 0 Å². The van der Waals surface area contributed by atoms with Crippen LogP contribution in [0.2, 0.25) is 0 Å². The number of ether oxygens (including phenoxy) is 1. The normalized spacial score (nSPS) is 19.2. The van der Waals surface area contributed by atoms with E-state index in [-0.39, 0.29) is 42.1 Å². The molecule has 2 aromatic carbocycles. The lowest BCUT2D eigenvalue weighted by Gasteiger charge is -2.41. The molecule has 2 saturated carbocycles. The van der Waals surface area contributed by atoms with Gasteiger partial charge in [-0.2, -0.15) is 0 Å². The molecule has 0 bridgehead atoms.